The molecule has 21 heavy (non-hydrogen) atoms. The molecular weight excluding hydrogens is 332 g/mol. The SMILES string of the molecule is O=C(NCc1cc(-c2cccc(Br)c2)no1)C1=CC=CC1. The lowest BCUT2D eigenvalue weighted by Gasteiger charge is -2.02. The first-order chi connectivity index (χ1) is 10.2. The van der Waals surface area contributed by atoms with Crippen molar-refractivity contribution in [1.82, 2.24) is 10.5 Å². The van der Waals surface area contributed by atoms with Gasteiger partial charge in [-0.3, -0.25) is 4.79 Å². The zero-order chi connectivity index (χ0) is 14.7. The van der Waals surface area contributed by atoms with E-state index in [0.717, 1.165) is 21.3 Å². The molecule has 0 unspecified atom stereocenters. The lowest BCUT2D eigenvalue weighted by Crippen LogP contribution is -2.23. The van der Waals surface area contributed by atoms with E-state index >= 15 is 0 Å². The normalized spacial score (nSPS) is 13.3. The third kappa shape index (κ3) is 3.31. The summed E-state index contributed by atoms with van der Waals surface area (Å²) < 4.78 is 6.24. The molecule has 0 spiro atoms. The predicted molar refractivity (Wildman–Crippen MR) is 83.3 cm³/mol. The summed E-state index contributed by atoms with van der Waals surface area (Å²) in [7, 11) is 0. The molecule has 0 atom stereocenters. The summed E-state index contributed by atoms with van der Waals surface area (Å²) >= 11 is 3.43. The van der Waals surface area contributed by atoms with Crippen molar-refractivity contribution in [2.45, 2.75) is 13.0 Å². The quantitative estimate of drug-likeness (QED) is 0.921. The van der Waals surface area contributed by atoms with Crippen LogP contribution in [-0.4, -0.2) is 11.1 Å². The summed E-state index contributed by atoms with van der Waals surface area (Å²) in [5.41, 5.74) is 2.48. The summed E-state index contributed by atoms with van der Waals surface area (Å²) in [5, 5.41) is 6.86. The van der Waals surface area contributed by atoms with Crippen LogP contribution in [0.5, 0.6) is 0 Å². The number of carbonyl (C=O) groups is 1. The van der Waals surface area contributed by atoms with E-state index in [1.807, 2.05) is 48.6 Å². The molecule has 0 aliphatic heterocycles. The van der Waals surface area contributed by atoms with Crippen LogP contribution >= 0.6 is 15.9 Å². The number of carbonyl (C=O) groups excluding carboxylic acids is 1. The minimum atomic E-state index is -0.0691. The van der Waals surface area contributed by atoms with E-state index in [4.69, 9.17) is 4.52 Å². The fraction of sp³-hybridized carbons (Fsp3) is 0.125. The van der Waals surface area contributed by atoms with Gasteiger partial charge in [0.1, 0.15) is 5.69 Å². The Morgan fingerprint density at radius 1 is 1.38 bits per heavy atom. The van der Waals surface area contributed by atoms with Crippen molar-refractivity contribution >= 4 is 21.8 Å². The number of benzene rings is 1. The Kier molecular flexibility index (Phi) is 4.01. The molecular formula is C16H13BrN2O2. The molecule has 0 saturated heterocycles. The molecule has 1 aromatic heterocycles. The molecule has 1 heterocycles. The van der Waals surface area contributed by atoms with Crippen LogP contribution in [0.3, 0.4) is 0 Å². The summed E-state index contributed by atoms with van der Waals surface area (Å²) in [6, 6.07) is 9.65. The molecule has 0 bridgehead atoms. The van der Waals surface area contributed by atoms with Crippen LogP contribution in [0.25, 0.3) is 11.3 Å². The molecule has 1 aliphatic rings. The highest BCUT2D eigenvalue weighted by molar-refractivity contribution is 9.10. The first-order valence-electron chi connectivity index (χ1n) is 6.58. The second-order valence-corrected chi connectivity index (χ2v) is 5.61. The minimum absolute atomic E-state index is 0.0691. The fourth-order valence-electron chi connectivity index (χ4n) is 2.08. The van der Waals surface area contributed by atoms with E-state index in [2.05, 4.69) is 26.4 Å². The number of nitrogens with one attached hydrogen (secondary N) is 1. The molecule has 1 amide bonds. The van der Waals surface area contributed by atoms with Gasteiger partial charge in [-0.1, -0.05) is 51.4 Å². The van der Waals surface area contributed by atoms with Gasteiger partial charge in [0.25, 0.3) is 0 Å². The predicted octanol–water partition coefficient (Wildman–Crippen LogP) is 3.61. The Morgan fingerprint density at radius 3 is 3.05 bits per heavy atom. The summed E-state index contributed by atoms with van der Waals surface area (Å²) in [6.45, 7) is 0.331. The number of rotatable bonds is 4. The Bertz CT molecular complexity index is 731. The number of allylic oxidation sites excluding steroid dienone is 3. The average molecular weight is 345 g/mol. The molecule has 0 saturated carbocycles. The molecule has 1 aromatic carbocycles. The Hall–Kier alpha value is -2.14. The van der Waals surface area contributed by atoms with Gasteiger partial charge in [0.15, 0.2) is 5.76 Å². The van der Waals surface area contributed by atoms with Gasteiger partial charge in [-0.25, -0.2) is 0 Å². The fourth-order valence-corrected chi connectivity index (χ4v) is 2.48. The highest BCUT2D eigenvalue weighted by Gasteiger charge is 2.12. The third-order valence-corrected chi connectivity index (χ3v) is 3.66. The summed E-state index contributed by atoms with van der Waals surface area (Å²) in [6.07, 6.45) is 6.34. The van der Waals surface area contributed by atoms with E-state index in [-0.39, 0.29) is 5.91 Å². The maximum Gasteiger partial charge on any atom is 0.247 e. The van der Waals surface area contributed by atoms with Gasteiger partial charge in [-0.05, 0) is 18.6 Å². The van der Waals surface area contributed by atoms with Crippen LogP contribution in [0.4, 0.5) is 0 Å². The lowest BCUT2D eigenvalue weighted by molar-refractivity contribution is -0.117. The summed E-state index contributed by atoms with van der Waals surface area (Å²) in [4.78, 5) is 11.9. The van der Waals surface area contributed by atoms with Crippen LogP contribution in [0.15, 0.2) is 63.1 Å². The largest absolute Gasteiger partial charge is 0.359 e. The zero-order valence-corrected chi connectivity index (χ0v) is 12.8. The van der Waals surface area contributed by atoms with E-state index in [0.29, 0.717) is 18.7 Å². The monoisotopic (exact) mass is 344 g/mol. The Labute approximate surface area is 130 Å². The van der Waals surface area contributed by atoms with E-state index in [1.165, 1.54) is 0 Å². The topological polar surface area (TPSA) is 55.1 Å². The molecule has 0 radical (unpaired) electrons. The minimum Gasteiger partial charge on any atom is -0.359 e. The maximum atomic E-state index is 11.9. The molecule has 1 aliphatic carbocycles. The second kappa shape index (κ2) is 6.10. The van der Waals surface area contributed by atoms with Crippen LogP contribution in [0.2, 0.25) is 0 Å². The number of amides is 1. The highest BCUT2D eigenvalue weighted by Crippen LogP contribution is 2.22. The lowest BCUT2D eigenvalue weighted by atomic mass is 10.1. The van der Waals surface area contributed by atoms with Gasteiger partial charge in [0.2, 0.25) is 5.91 Å². The van der Waals surface area contributed by atoms with E-state index in [9.17, 15) is 4.79 Å². The van der Waals surface area contributed by atoms with Crippen molar-refractivity contribution in [3.05, 3.63) is 64.4 Å². The molecule has 4 nitrogen and oxygen atoms in total. The second-order valence-electron chi connectivity index (χ2n) is 4.70. The first-order valence-corrected chi connectivity index (χ1v) is 7.37. The van der Waals surface area contributed by atoms with Crippen molar-refractivity contribution in [1.29, 1.82) is 0 Å². The zero-order valence-electron chi connectivity index (χ0n) is 11.2. The van der Waals surface area contributed by atoms with Gasteiger partial charge in [0, 0.05) is 21.7 Å². The maximum absolute atomic E-state index is 11.9. The van der Waals surface area contributed by atoms with Gasteiger partial charge < -0.3 is 9.84 Å². The smallest absolute Gasteiger partial charge is 0.247 e. The van der Waals surface area contributed by atoms with Crippen LogP contribution in [-0.2, 0) is 11.3 Å². The average Bonchev–Trinajstić information content (AvgIpc) is 3.16. The Balaban J connectivity index is 1.64. The van der Waals surface area contributed by atoms with Crippen LogP contribution in [0.1, 0.15) is 12.2 Å². The van der Waals surface area contributed by atoms with Gasteiger partial charge in [0.05, 0.1) is 6.54 Å². The first kappa shape index (κ1) is 13.8. The number of halogens is 1. The van der Waals surface area contributed by atoms with Crippen LogP contribution < -0.4 is 5.32 Å². The van der Waals surface area contributed by atoms with Crippen molar-refractivity contribution < 1.29 is 9.32 Å². The highest BCUT2D eigenvalue weighted by atomic mass is 79.9. The van der Waals surface area contributed by atoms with Gasteiger partial charge in [-0.2, -0.15) is 0 Å². The number of hydrogen-bond donors (Lipinski definition) is 1. The molecule has 0 fully saturated rings. The molecule has 2 aromatic rings. The van der Waals surface area contributed by atoms with Crippen molar-refractivity contribution in [2.24, 2.45) is 0 Å². The van der Waals surface area contributed by atoms with Gasteiger partial charge in [-0.15, -0.1) is 0 Å². The molecule has 3 rings (SSSR count). The van der Waals surface area contributed by atoms with Crippen molar-refractivity contribution in [2.75, 3.05) is 0 Å². The third-order valence-electron chi connectivity index (χ3n) is 3.17. The summed E-state index contributed by atoms with van der Waals surface area (Å²) in [5.74, 6) is 0.560. The van der Waals surface area contributed by atoms with Crippen molar-refractivity contribution in [3.8, 4) is 11.3 Å². The van der Waals surface area contributed by atoms with E-state index < -0.39 is 0 Å². The van der Waals surface area contributed by atoms with E-state index in [1.54, 1.807) is 0 Å². The number of aromatic nitrogens is 1. The Morgan fingerprint density at radius 2 is 2.29 bits per heavy atom. The van der Waals surface area contributed by atoms with Crippen LogP contribution in [0, 0.1) is 0 Å². The number of hydrogen-bond acceptors (Lipinski definition) is 3. The number of nitrogens with zero attached hydrogens (tertiary/aromatic N) is 1. The van der Waals surface area contributed by atoms with Gasteiger partial charge >= 0.3 is 0 Å². The molecule has 1 N–H and O–H groups in total. The van der Waals surface area contributed by atoms with Crippen molar-refractivity contribution in [3.63, 3.8) is 0 Å². The standard InChI is InChI=1S/C16H13BrN2O2/c17-13-7-3-6-12(8-13)15-9-14(21-19-15)10-18-16(20)11-4-1-2-5-11/h1-4,6-9H,5,10H2,(H,18,20). The molecule has 106 valence electrons. The molecule has 5 heteroatoms.